The molecule has 0 saturated heterocycles. The molecule has 0 bridgehead atoms. The highest BCUT2D eigenvalue weighted by Crippen LogP contribution is 2.13. The van der Waals surface area contributed by atoms with E-state index in [2.05, 4.69) is 5.32 Å². The summed E-state index contributed by atoms with van der Waals surface area (Å²) in [5.74, 6) is -0.0965. The molecule has 0 aliphatic carbocycles. The van der Waals surface area contributed by atoms with Gasteiger partial charge in [-0.3, -0.25) is 4.79 Å². The maximum absolute atomic E-state index is 11.6. The van der Waals surface area contributed by atoms with E-state index in [1.807, 2.05) is 6.92 Å². The summed E-state index contributed by atoms with van der Waals surface area (Å²) in [4.78, 5) is 22.8. The second kappa shape index (κ2) is 7.76. The van der Waals surface area contributed by atoms with Crippen molar-refractivity contribution in [2.45, 2.75) is 19.4 Å². The van der Waals surface area contributed by atoms with Gasteiger partial charge in [0.05, 0.1) is 5.75 Å². The highest BCUT2D eigenvalue weighted by atomic mass is 32.2. The lowest BCUT2D eigenvalue weighted by molar-refractivity contribution is -0.141. The number of amides is 1. The van der Waals surface area contributed by atoms with E-state index < -0.39 is 12.0 Å². The normalized spacial score (nSPS) is 11.8. The van der Waals surface area contributed by atoms with Crippen LogP contribution in [0.2, 0.25) is 0 Å². The Labute approximate surface area is 111 Å². The van der Waals surface area contributed by atoms with Crippen LogP contribution >= 0.6 is 11.8 Å². The Morgan fingerprint density at radius 1 is 1.33 bits per heavy atom. The molecule has 1 unspecified atom stereocenters. The van der Waals surface area contributed by atoms with Gasteiger partial charge in [-0.1, -0.05) is 37.3 Å². The van der Waals surface area contributed by atoms with Crippen molar-refractivity contribution in [2.24, 2.45) is 0 Å². The van der Waals surface area contributed by atoms with Crippen molar-refractivity contribution in [1.29, 1.82) is 0 Å². The summed E-state index contributed by atoms with van der Waals surface area (Å²) in [6, 6.07) is 7.73. The molecule has 0 spiro atoms. The number of carbonyl (C=O) groups is 2. The van der Waals surface area contributed by atoms with Gasteiger partial charge in [-0.2, -0.15) is 11.8 Å². The molecular formula is C13H17NO3S. The number of carboxylic acid groups (broad SMARTS) is 1. The van der Waals surface area contributed by atoms with Crippen LogP contribution in [-0.2, 0) is 9.59 Å². The second-order valence-electron chi connectivity index (χ2n) is 3.80. The summed E-state index contributed by atoms with van der Waals surface area (Å²) in [7, 11) is 0. The van der Waals surface area contributed by atoms with Crippen LogP contribution in [0, 0.1) is 0 Å². The highest BCUT2D eigenvalue weighted by Gasteiger charge is 2.21. The summed E-state index contributed by atoms with van der Waals surface area (Å²) in [5.41, 5.74) is 0.582. The van der Waals surface area contributed by atoms with Crippen LogP contribution in [0.15, 0.2) is 30.3 Å². The summed E-state index contributed by atoms with van der Waals surface area (Å²) in [6.07, 6.45) is 0.999. The largest absolute Gasteiger partial charge is 0.479 e. The van der Waals surface area contributed by atoms with E-state index in [0.717, 1.165) is 12.2 Å². The van der Waals surface area contributed by atoms with Gasteiger partial charge in [0, 0.05) is 0 Å². The first kappa shape index (κ1) is 14.6. The number of carboxylic acids is 1. The van der Waals surface area contributed by atoms with Crippen LogP contribution in [0.5, 0.6) is 0 Å². The molecule has 1 aromatic carbocycles. The van der Waals surface area contributed by atoms with Crippen molar-refractivity contribution in [3.63, 3.8) is 0 Å². The third-order valence-electron chi connectivity index (χ3n) is 2.27. The van der Waals surface area contributed by atoms with E-state index in [1.54, 1.807) is 30.3 Å². The standard InChI is InChI=1S/C13H17NO3S/c1-2-8-18-9-11(15)14-12(13(16)17)10-6-4-3-5-7-10/h3-7,12H,2,8-9H2,1H3,(H,14,15)(H,16,17). The molecule has 1 aromatic rings. The molecule has 0 aliphatic rings. The molecule has 1 rings (SSSR count). The number of rotatable bonds is 7. The minimum Gasteiger partial charge on any atom is -0.479 e. The number of benzene rings is 1. The van der Waals surface area contributed by atoms with Crippen molar-refractivity contribution >= 4 is 23.6 Å². The number of hydrogen-bond acceptors (Lipinski definition) is 3. The van der Waals surface area contributed by atoms with E-state index in [4.69, 9.17) is 5.11 Å². The maximum Gasteiger partial charge on any atom is 0.330 e. The van der Waals surface area contributed by atoms with Gasteiger partial charge in [0.15, 0.2) is 6.04 Å². The van der Waals surface area contributed by atoms with Crippen LogP contribution in [0.4, 0.5) is 0 Å². The molecule has 0 fully saturated rings. The first-order valence-corrected chi connectivity index (χ1v) is 6.95. The van der Waals surface area contributed by atoms with Crippen molar-refractivity contribution < 1.29 is 14.7 Å². The molecule has 0 heterocycles. The summed E-state index contributed by atoms with van der Waals surface area (Å²) < 4.78 is 0. The maximum atomic E-state index is 11.6. The quantitative estimate of drug-likeness (QED) is 0.742. The Hall–Kier alpha value is -1.49. The molecule has 1 atom stereocenters. The Morgan fingerprint density at radius 2 is 2.00 bits per heavy atom. The molecule has 0 aliphatic heterocycles. The summed E-state index contributed by atoms with van der Waals surface area (Å²) in [5, 5.41) is 11.7. The van der Waals surface area contributed by atoms with E-state index in [0.29, 0.717) is 11.3 Å². The average Bonchev–Trinajstić information content (AvgIpc) is 2.37. The van der Waals surface area contributed by atoms with Crippen LogP contribution in [0.1, 0.15) is 24.9 Å². The number of aliphatic carboxylic acids is 1. The Balaban J connectivity index is 2.59. The van der Waals surface area contributed by atoms with Crippen molar-refractivity contribution in [3.8, 4) is 0 Å². The first-order chi connectivity index (χ1) is 8.65. The fourth-order valence-corrected chi connectivity index (χ4v) is 2.15. The van der Waals surface area contributed by atoms with Crippen LogP contribution < -0.4 is 5.32 Å². The molecule has 4 nitrogen and oxygen atoms in total. The highest BCUT2D eigenvalue weighted by molar-refractivity contribution is 7.99. The fourth-order valence-electron chi connectivity index (χ4n) is 1.44. The third-order valence-corrected chi connectivity index (χ3v) is 3.43. The lowest BCUT2D eigenvalue weighted by Gasteiger charge is -2.14. The third kappa shape index (κ3) is 4.79. The lowest BCUT2D eigenvalue weighted by Crippen LogP contribution is -2.34. The SMILES string of the molecule is CCCSCC(=O)NC(C(=O)O)c1ccccc1. The molecule has 2 N–H and O–H groups in total. The van der Waals surface area contributed by atoms with Gasteiger partial charge in [-0.25, -0.2) is 4.79 Å². The minimum atomic E-state index is -1.05. The predicted octanol–water partition coefficient (Wildman–Crippen LogP) is 2.07. The van der Waals surface area contributed by atoms with E-state index in [9.17, 15) is 9.59 Å². The Morgan fingerprint density at radius 3 is 2.56 bits per heavy atom. The van der Waals surface area contributed by atoms with Gasteiger partial charge in [-0.15, -0.1) is 0 Å². The molecule has 1 amide bonds. The number of nitrogens with one attached hydrogen (secondary N) is 1. The van der Waals surface area contributed by atoms with Crippen LogP contribution in [-0.4, -0.2) is 28.5 Å². The Kier molecular flexibility index (Phi) is 6.28. The van der Waals surface area contributed by atoms with Gasteiger partial charge in [-0.05, 0) is 17.7 Å². The topological polar surface area (TPSA) is 66.4 Å². The fraction of sp³-hybridized carbons (Fsp3) is 0.385. The van der Waals surface area contributed by atoms with Crippen molar-refractivity contribution in [2.75, 3.05) is 11.5 Å². The predicted molar refractivity (Wildman–Crippen MR) is 72.6 cm³/mol. The zero-order valence-electron chi connectivity index (χ0n) is 10.3. The van der Waals surface area contributed by atoms with Gasteiger partial charge in [0.2, 0.25) is 5.91 Å². The summed E-state index contributed by atoms with van der Waals surface area (Å²) >= 11 is 1.51. The Bertz CT molecular complexity index is 394. The first-order valence-electron chi connectivity index (χ1n) is 5.80. The number of carbonyl (C=O) groups excluding carboxylic acids is 1. The molecule has 0 aromatic heterocycles. The number of thioether (sulfide) groups is 1. The van der Waals surface area contributed by atoms with Crippen LogP contribution in [0.3, 0.4) is 0 Å². The van der Waals surface area contributed by atoms with E-state index in [-0.39, 0.29) is 5.91 Å². The molecular weight excluding hydrogens is 250 g/mol. The van der Waals surface area contributed by atoms with Crippen LogP contribution in [0.25, 0.3) is 0 Å². The molecule has 18 heavy (non-hydrogen) atoms. The molecule has 98 valence electrons. The van der Waals surface area contributed by atoms with Crippen molar-refractivity contribution in [1.82, 2.24) is 5.32 Å². The smallest absolute Gasteiger partial charge is 0.330 e. The lowest BCUT2D eigenvalue weighted by atomic mass is 10.1. The summed E-state index contributed by atoms with van der Waals surface area (Å²) in [6.45, 7) is 2.04. The number of hydrogen-bond donors (Lipinski definition) is 2. The zero-order valence-corrected chi connectivity index (χ0v) is 11.1. The minimum absolute atomic E-state index is 0.246. The molecule has 0 radical (unpaired) electrons. The zero-order chi connectivity index (χ0) is 13.4. The molecule has 0 saturated carbocycles. The monoisotopic (exact) mass is 267 g/mol. The van der Waals surface area contributed by atoms with Gasteiger partial charge in [0.1, 0.15) is 0 Å². The van der Waals surface area contributed by atoms with E-state index in [1.165, 1.54) is 11.8 Å². The second-order valence-corrected chi connectivity index (χ2v) is 4.91. The van der Waals surface area contributed by atoms with Gasteiger partial charge >= 0.3 is 5.97 Å². The average molecular weight is 267 g/mol. The van der Waals surface area contributed by atoms with Gasteiger partial charge < -0.3 is 10.4 Å². The van der Waals surface area contributed by atoms with Crippen molar-refractivity contribution in [3.05, 3.63) is 35.9 Å². The molecule has 5 heteroatoms. The van der Waals surface area contributed by atoms with Gasteiger partial charge in [0.25, 0.3) is 0 Å². The van der Waals surface area contributed by atoms with E-state index >= 15 is 0 Å².